The van der Waals surface area contributed by atoms with Crippen LogP contribution in [0.1, 0.15) is 63.5 Å². The highest BCUT2D eigenvalue weighted by molar-refractivity contribution is 5.12. The fourth-order valence-electron chi connectivity index (χ4n) is 3.10. The van der Waals surface area contributed by atoms with Crippen molar-refractivity contribution in [1.29, 1.82) is 0 Å². The molecular formula is C15H27N3. The van der Waals surface area contributed by atoms with Crippen molar-refractivity contribution in [2.45, 2.75) is 57.9 Å². The predicted molar refractivity (Wildman–Crippen MR) is 75.4 cm³/mol. The monoisotopic (exact) mass is 249 g/mol. The van der Waals surface area contributed by atoms with Gasteiger partial charge in [0.25, 0.3) is 0 Å². The van der Waals surface area contributed by atoms with E-state index in [1.54, 1.807) is 0 Å². The molecule has 1 saturated carbocycles. The van der Waals surface area contributed by atoms with Crippen LogP contribution < -0.4 is 5.32 Å². The van der Waals surface area contributed by atoms with Crippen molar-refractivity contribution in [3.8, 4) is 0 Å². The van der Waals surface area contributed by atoms with Crippen molar-refractivity contribution in [2.24, 2.45) is 13.0 Å². The second-order valence-corrected chi connectivity index (χ2v) is 5.63. The Morgan fingerprint density at radius 3 is 2.61 bits per heavy atom. The summed E-state index contributed by atoms with van der Waals surface area (Å²) in [5.74, 6) is 0.795. The van der Waals surface area contributed by atoms with Gasteiger partial charge in [-0.15, -0.1) is 0 Å². The lowest BCUT2D eigenvalue weighted by molar-refractivity contribution is 0.325. The van der Waals surface area contributed by atoms with Crippen LogP contribution in [0, 0.1) is 5.92 Å². The summed E-state index contributed by atoms with van der Waals surface area (Å²) >= 11 is 0. The van der Waals surface area contributed by atoms with Crippen molar-refractivity contribution < 1.29 is 0 Å². The Kier molecular flexibility index (Phi) is 5.24. The Bertz CT molecular complexity index is 337. The molecule has 1 unspecified atom stereocenters. The number of aryl methyl sites for hydroxylation is 1. The van der Waals surface area contributed by atoms with Crippen LogP contribution in [0.15, 0.2) is 12.4 Å². The van der Waals surface area contributed by atoms with Gasteiger partial charge in [0.2, 0.25) is 0 Å². The van der Waals surface area contributed by atoms with Crippen LogP contribution in [-0.2, 0) is 7.05 Å². The first-order valence-corrected chi connectivity index (χ1v) is 7.53. The minimum Gasteiger partial charge on any atom is -0.310 e. The zero-order valence-electron chi connectivity index (χ0n) is 11.9. The van der Waals surface area contributed by atoms with E-state index in [4.69, 9.17) is 0 Å². The van der Waals surface area contributed by atoms with Crippen LogP contribution in [0.25, 0.3) is 0 Å². The maximum atomic E-state index is 4.34. The van der Waals surface area contributed by atoms with Gasteiger partial charge >= 0.3 is 0 Å². The smallest absolute Gasteiger partial charge is 0.0537 e. The lowest BCUT2D eigenvalue weighted by Gasteiger charge is -2.26. The number of hydrogen-bond acceptors (Lipinski definition) is 2. The van der Waals surface area contributed by atoms with E-state index in [1.807, 2.05) is 17.9 Å². The molecular weight excluding hydrogens is 222 g/mol. The van der Waals surface area contributed by atoms with E-state index in [2.05, 4.69) is 23.5 Å². The van der Waals surface area contributed by atoms with Crippen molar-refractivity contribution in [3.63, 3.8) is 0 Å². The summed E-state index contributed by atoms with van der Waals surface area (Å²) in [5, 5.41) is 8.08. The van der Waals surface area contributed by atoms with Gasteiger partial charge in [0, 0.05) is 24.8 Å². The van der Waals surface area contributed by atoms with Gasteiger partial charge in [0.15, 0.2) is 0 Å². The first-order valence-electron chi connectivity index (χ1n) is 7.53. The molecule has 0 aromatic carbocycles. The highest BCUT2D eigenvalue weighted by atomic mass is 15.2. The third-order valence-corrected chi connectivity index (χ3v) is 4.07. The molecule has 3 heteroatoms. The molecule has 1 heterocycles. The van der Waals surface area contributed by atoms with Crippen LogP contribution in [0.5, 0.6) is 0 Å². The van der Waals surface area contributed by atoms with Gasteiger partial charge in [-0.05, 0) is 31.7 Å². The molecule has 18 heavy (non-hydrogen) atoms. The summed E-state index contributed by atoms with van der Waals surface area (Å²) in [6, 6.07) is 0.511. The Balaban J connectivity index is 2.07. The van der Waals surface area contributed by atoms with E-state index in [1.165, 1.54) is 50.5 Å². The molecule has 1 N–H and O–H groups in total. The highest BCUT2D eigenvalue weighted by Crippen LogP contribution is 2.33. The second kappa shape index (κ2) is 6.93. The van der Waals surface area contributed by atoms with Crippen LogP contribution in [0.2, 0.25) is 0 Å². The van der Waals surface area contributed by atoms with Gasteiger partial charge in [-0.1, -0.05) is 32.6 Å². The summed E-state index contributed by atoms with van der Waals surface area (Å²) < 4.78 is 1.92. The van der Waals surface area contributed by atoms with E-state index in [0.29, 0.717) is 6.04 Å². The first-order chi connectivity index (χ1) is 8.81. The fraction of sp³-hybridized carbons (Fsp3) is 0.800. The Hall–Kier alpha value is -0.830. The van der Waals surface area contributed by atoms with Gasteiger partial charge in [-0.2, -0.15) is 5.10 Å². The number of hydrogen-bond donors (Lipinski definition) is 1. The van der Waals surface area contributed by atoms with Crippen LogP contribution in [0.3, 0.4) is 0 Å². The van der Waals surface area contributed by atoms with Crippen molar-refractivity contribution in [1.82, 2.24) is 15.1 Å². The number of nitrogens with one attached hydrogen (secondary N) is 1. The molecule has 0 saturated heterocycles. The average molecular weight is 249 g/mol. The van der Waals surface area contributed by atoms with Gasteiger partial charge in [-0.25, -0.2) is 0 Å². The Labute approximate surface area is 111 Å². The first kappa shape index (κ1) is 13.6. The molecule has 0 aliphatic heterocycles. The van der Waals surface area contributed by atoms with E-state index in [0.717, 1.165) is 12.5 Å². The minimum atomic E-state index is 0.511. The van der Waals surface area contributed by atoms with Crippen LogP contribution in [-0.4, -0.2) is 16.3 Å². The maximum Gasteiger partial charge on any atom is 0.0537 e. The molecule has 0 spiro atoms. The van der Waals surface area contributed by atoms with Gasteiger partial charge in [-0.3, -0.25) is 4.68 Å². The van der Waals surface area contributed by atoms with Gasteiger partial charge in [0.05, 0.1) is 6.20 Å². The van der Waals surface area contributed by atoms with Crippen molar-refractivity contribution in [2.75, 3.05) is 6.54 Å². The van der Waals surface area contributed by atoms with E-state index in [-0.39, 0.29) is 0 Å². The van der Waals surface area contributed by atoms with Gasteiger partial charge in [0.1, 0.15) is 0 Å². The van der Waals surface area contributed by atoms with E-state index < -0.39 is 0 Å². The molecule has 2 rings (SSSR count). The Morgan fingerprint density at radius 1 is 1.33 bits per heavy atom. The summed E-state index contributed by atoms with van der Waals surface area (Å²) in [4.78, 5) is 0. The average Bonchev–Trinajstić information content (AvgIpc) is 2.65. The zero-order chi connectivity index (χ0) is 12.8. The molecule has 1 aromatic heterocycles. The summed E-state index contributed by atoms with van der Waals surface area (Å²) in [7, 11) is 2.01. The Morgan fingerprint density at radius 2 is 2.06 bits per heavy atom. The van der Waals surface area contributed by atoms with Crippen LogP contribution in [0.4, 0.5) is 0 Å². The molecule has 0 amide bonds. The topological polar surface area (TPSA) is 29.9 Å². The molecule has 0 radical (unpaired) electrons. The van der Waals surface area contributed by atoms with Crippen LogP contribution >= 0.6 is 0 Å². The standard InChI is InChI=1S/C15H27N3/c1-3-10-16-15(14-11-17-18(2)12-14)13-8-6-4-5-7-9-13/h11-13,15-16H,3-10H2,1-2H3. The number of nitrogens with zero attached hydrogens (tertiary/aromatic N) is 2. The van der Waals surface area contributed by atoms with Gasteiger partial charge < -0.3 is 5.32 Å². The minimum absolute atomic E-state index is 0.511. The van der Waals surface area contributed by atoms with E-state index in [9.17, 15) is 0 Å². The van der Waals surface area contributed by atoms with Crippen molar-refractivity contribution in [3.05, 3.63) is 18.0 Å². The lowest BCUT2D eigenvalue weighted by atomic mass is 9.88. The summed E-state index contributed by atoms with van der Waals surface area (Å²) in [6.45, 7) is 3.34. The molecule has 1 aromatic rings. The van der Waals surface area contributed by atoms with Crippen molar-refractivity contribution >= 4 is 0 Å². The highest BCUT2D eigenvalue weighted by Gasteiger charge is 2.24. The molecule has 102 valence electrons. The largest absolute Gasteiger partial charge is 0.310 e. The molecule has 3 nitrogen and oxygen atoms in total. The quantitative estimate of drug-likeness (QED) is 0.810. The third-order valence-electron chi connectivity index (χ3n) is 4.07. The predicted octanol–water partition coefficient (Wildman–Crippen LogP) is 3.43. The second-order valence-electron chi connectivity index (χ2n) is 5.63. The lowest BCUT2D eigenvalue weighted by Crippen LogP contribution is -2.28. The molecule has 1 aliphatic carbocycles. The zero-order valence-corrected chi connectivity index (χ0v) is 11.9. The SMILES string of the molecule is CCCNC(c1cnn(C)c1)C1CCCCCC1. The number of aromatic nitrogens is 2. The summed E-state index contributed by atoms with van der Waals surface area (Å²) in [5.41, 5.74) is 1.37. The fourth-order valence-corrected chi connectivity index (χ4v) is 3.10. The third kappa shape index (κ3) is 3.58. The maximum absolute atomic E-state index is 4.34. The van der Waals surface area contributed by atoms with E-state index >= 15 is 0 Å². The number of rotatable bonds is 5. The molecule has 1 fully saturated rings. The molecule has 0 bridgehead atoms. The molecule has 1 atom stereocenters. The normalized spacial score (nSPS) is 19.7. The summed E-state index contributed by atoms with van der Waals surface area (Å²) in [6.07, 6.45) is 13.8. The molecule has 1 aliphatic rings.